The van der Waals surface area contributed by atoms with E-state index >= 15 is 0 Å². The highest BCUT2D eigenvalue weighted by Gasteiger charge is 2.12. The number of hydrogen-bond acceptors (Lipinski definition) is 4. The van der Waals surface area contributed by atoms with Gasteiger partial charge in [-0.25, -0.2) is 4.98 Å². The van der Waals surface area contributed by atoms with Gasteiger partial charge < -0.3 is 5.11 Å². The minimum atomic E-state index is -0.264. The molecule has 0 bridgehead atoms. The van der Waals surface area contributed by atoms with Gasteiger partial charge in [0.1, 0.15) is 0 Å². The zero-order valence-electron chi connectivity index (χ0n) is 9.43. The van der Waals surface area contributed by atoms with Crippen LogP contribution in [0.5, 0.6) is 6.01 Å². The zero-order chi connectivity index (χ0) is 12.4. The molecule has 0 aliphatic carbocycles. The molecule has 5 nitrogen and oxygen atoms in total. The highest BCUT2D eigenvalue weighted by Crippen LogP contribution is 2.21. The molecule has 1 N–H and O–H groups in total. The summed E-state index contributed by atoms with van der Waals surface area (Å²) in [6.45, 7) is 0. The molecule has 0 spiro atoms. The van der Waals surface area contributed by atoms with Crippen molar-refractivity contribution in [1.82, 2.24) is 19.7 Å². The Morgan fingerprint density at radius 3 is 2.44 bits per heavy atom. The third-order valence-corrected chi connectivity index (χ3v) is 2.49. The molecular weight excluding hydrogens is 228 g/mol. The Morgan fingerprint density at radius 2 is 1.72 bits per heavy atom. The van der Waals surface area contributed by atoms with Crippen LogP contribution in [-0.2, 0) is 0 Å². The lowest BCUT2D eigenvalue weighted by Gasteiger charge is -2.03. The standard InChI is InChI=1S/C13H10N4O/c18-13-15-12(10-6-2-1-3-7-10)17(16-13)11-8-4-5-9-14-11/h1-9H,(H,16,18). The maximum absolute atomic E-state index is 9.49. The van der Waals surface area contributed by atoms with Crippen LogP contribution in [0.1, 0.15) is 0 Å². The highest BCUT2D eigenvalue weighted by molar-refractivity contribution is 5.57. The van der Waals surface area contributed by atoms with E-state index < -0.39 is 0 Å². The van der Waals surface area contributed by atoms with Crippen molar-refractivity contribution in [1.29, 1.82) is 0 Å². The van der Waals surface area contributed by atoms with Crippen LogP contribution in [-0.4, -0.2) is 24.9 Å². The number of aromatic hydroxyl groups is 1. The number of benzene rings is 1. The summed E-state index contributed by atoms with van der Waals surface area (Å²) in [6.07, 6.45) is 1.67. The second kappa shape index (κ2) is 4.29. The van der Waals surface area contributed by atoms with Crippen LogP contribution in [0.4, 0.5) is 0 Å². The largest absolute Gasteiger partial charge is 0.478 e. The van der Waals surface area contributed by atoms with E-state index in [2.05, 4.69) is 15.1 Å². The normalized spacial score (nSPS) is 10.4. The van der Waals surface area contributed by atoms with Crippen molar-refractivity contribution in [2.45, 2.75) is 0 Å². The van der Waals surface area contributed by atoms with Crippen molar-refractivity contribution in [3.63, 3.8) is 0 Å². The van der Waals surface area contributed by atoms with E-state index in [-0.39, 0.29) is 6.01 Å². The molecule has 3 aromatic rings. The van der Waals surface area contributed by atoms with Crippen molar-refractivity contribution >= 4 is 0 Å². The van der Waals surface area contributed by atoms with Gasteiger partial charge in [-0.15, -0.1) is 5.10 Å². The van der Waals surface area contributed by atoms with Gasteiger partial charge in [-0.2, -0.15) is 9.67 Å². The summed E-state index contributed by atoms with van der Waals surface area (Å²) in [5.41, 5.74) is 0.871. The summed E-state index contributed by atoms with van der Waals surface area (Å²) in [5.74, 6) is 1.18. The van der Waals surface area contributed by atoms with E-state index in [1.54, 1.807) is 12.3 Å². The Labute approximate surface area is 103 Å². The summed E-state index contributed by atoms with van der Waals surface area (Å²) in [6, 6.07) is 14.8. The lowest BCUT2D eigenvalue weighted by Crippen LogP contribution is -2.01. The third kappa shape index (κ3) is 1.82. The number of aromatic nitrogens is 4. The molecule has 88 valence electrons. The van der Waals surface area contributed by atoms with E-state index in [1.807, 2.05) is 42.5 Å². The second-order valence-corrected chi connectivity index (χ2v) is 3.70. The fraction of sp³-hybridized carbons (Fsp3) is 0. The first-order valence-corrected chi connectivity index (χ1v) is 5.47. The summed E-state index contributed by atoms with van der Waals surface area (Å²) in [5, 5.41) is 13.4. The minimum Gasteiger partial charge on any atom is -0.478 e. The van der Waals surface area contributed by atoms with Gasteiger partial charge in [-0.05, 0) is 12.1 Å². The fourth-order valence-electron chi connectivity index (χ4n) is 1.71. The molecule has 0 amide bonds. The first-order valence-electron chi connectivity index (χ1n) is 5.47. The van der Waals surface area contributed by atoms with Crippen molar-refractivity contribution < 1.29 is 5.11 Å². The lowest BCUT2D eigenvalue weighted by molar-refractivity contribution is 0.430. The number of hydrogen-bond donors (Lipinski definition) is 1. The second-order valence-electron chi connectivity index (χ2n) is 3.70. The maximum Gasteiger partial charge on any atom is 0.333 e. The van der Waals surface area contributed by atoms with Crippen LogP contribution in [0.3, 0.4) is 0 Å². The van der Waals surface area contributed by atoms with Gasteiger partial charge in [0.15, 0.2) is 11.6 Å². The first kappa shape index (κ1) is 10.5. The predicted octanol–water partition coefficient (Wildman–Crippen LogP) is 2.03. The SMILES string of the molecule is Oc1nc(-c2ccccc2)n(-c2ccccn2)n1. The summed E-state index contributed by atoms with van der Waals surface area (Å²) >= 11 is 0. The smallest absolute Gasteiger partial charge is 0.333 e. The summed E-state index contributed by atoms with van der Waals surface area (Å²) in [7, 11) is 0. The molecule has 0 radical (unpaired) electrons. The molecule has 0 atom stereocenters. The van der Waals surface area contributed by atoms with Gasteiger partial charge in [0, 0.05) is 11.8 Å². The molecule has 3 rings (SSSR count). The average Bonchev–Trinajstić information content (AvgIpc) is 2.83. The number of pyridine rings is 1. The van der Waals surface area contributed by atoms with E-state index in [9.17, 15) is 5.11 Å². The van der Waals surface area contributed by atoms with Gasteiger partial charge >= 0.3 is 6.01 Å². The lowest BCUT2D eigenvalue weighted by atomic mass is 10.2. The van der Waals surface area contributed by atoms with Crippen molar-refractivity contribution in [3.8, 4) is 23.2 Å². The predicted molar refractivity (Wildman–Crippen MR) is 66.3 cm³/mol. The van der Waals surface area contributed by atoms with Crippen LogP contribution >= 0.6 is 0 Å². The zero-order valence-corrected chi connectivity index (χ0v) is 9.43. The van der Waals surface area contributed by atoms with Crippen LogP contribution in [0.15, 0.2) is 54.7 Å². The molecular formula is C13H10N4O. The van der Waals surface area contributed by atoms with Crippen LogP contribution in [0.25, 0.3) is 17.2 Å². The van der Waals surface area contributed by atoms with Crippen LogP contribution in [0, 0.1) is 0 Å². The van der Waals surface area contributed by atoms with Gasteiger partial charge in [-0.1, -0.05) is 36.4 Å². The molecule has 2 heterocycles. The Morgan fingerprint density at radius 1 is 0.944 bits per heavy atom. The molecule has 1 aromatic carbocycles. The first-order chi connectivity index (χ1) is 8.84. The Kier molecular flexibility index (Phi) is 2.49. The molecule has 5 heteroatoms. The minimum absolute atomic E-state index is 0.264. The molecule has 2 aromatic heterocycles. The Hall–Kier alpha value is -2.69. The summed E-state index contributed by atoms with van der Waals surface area (Å²) < 4.78 is 1.52. The molecule has 0 saturated carbocycles. The van der Waals surface area contributed by atoms with E-state index in [0.29, 0.717) is 11.6 Å². The number of nitrogens with zero attached hydrogens (tertiary/aromatic N) is 4. The highest BCUT2D eigenvalue weighted by atomic mass is 16.3. The van der Waals surface area contributed by atoms with Gasteiger partial charge in [0.05, 0.1) is 0 Å². The molecule has 0 saturated heterocycles. The van der Waals surface area contributed by atoms with E-state index in [1.165, 1.54) is 4.68 Å². The van der Waals surface area contributed by atoms with Crippen LogP contribution in [0.2, 0.25) is 0 Å². The van der Waals surface area contributed by atoms with Crippen molar-refractivity contribution in [2.24, 2.45) is 0 Å². The molecule has 0 aliphatic heterocycles. The third-order valence-electron chi connectivity index (χ3n) is 2.49. The molecule has 18 heavy (non-hydrogen) atoms. The fourth-order valence-corrected chi connectivity index (χ4v) is 1.71. The average molecular weight is 238 g/mol. The van der Waals surface area contributed by atoms with Gasteiger partial charge in [-0.3, -0.25) is 0 Å². The Balaban J connectivity index is 2.17. The van der Waals surface area contributed by atoms with Gasteiger partial charge in [0.25, 0.3) is 0 Å². The Bertz CT molecular complexity index is 592. The quantitative estimate of drug-likeness (QED) is 0.742. The van der Waals surface area contributed by atoms with E-state index in [0.717, 1.165) is 5.56 Å². The van der Waals surface area contributed by atoms with E-state index in [4.69, 9.17) is 0 Å². The molecule has 0 fully saturated rings. The number of rotatable bonds is 2. The monoisotopic (exact) mass is 238 g/mol. The topological polar surface area (TPSA) is 63.8 Å². The van der Waals surface area contributed by atoms with Gasteiger partial charge in [0.2, 0.25) is 0 Å². The maximum atomic E-state index is 9.49. The molecule has 0 aliphatic rings. The molecule has 0 unspecified atom stereocenters. The van der Waals surface area contributed by atoms with Crippen molar-refractivity contribution in [3.05, 3.63) is 54.7 Å². The summed E-state index contributed by atoms with van der Waals surface area (Å²) in [4.78, 5) is 8.22. The van der Waals surface area contributed by atoms with Crippen LogP contribution < -0.4 is 0 Å². The van der Waals surface area contributed by atoms with Crippen molar-refractivity contribution in [2.75, 3.05) is 0 Å².